The summed E-state index contributed by atoms with van der Waals surface area (Å²) in [6.45, 7) is 3.54. The van der Waals surface area contributed by atoms with Crippen LogP contribution in [0.25, 0.3) is 0 Å². The molecule has 0 amide bonds. The van der Waals surface area contributed by atoms with E-state index < -0.39 is 6.04 Å². The van der Waals surface area contributed by atoms with Crippen molar-refractivity contribution in [1.29, 1.82) is 0 Å². The molecular weight excluding hydrogens is 189 g/mol. The van der Waals surface area contributed by atoms with Gasteiger partial charge in [0, 0.05) is 16.6 Å². The van der Waals surface area contributed by atoms with Gasteiger partial charge >= 0.3 is 0 Å². The molecule has 0 bridgehead atoms. The molecule has 0 radical (unpaired) electrons. The average Bonchev–Trinajstić information content (AvgIpc) is 2.04. The molecule has 3 heteroatoms. The molecule has 1 aromatic carbocycles. The second kappa shape index (κ2) is 4.40. The highest BCUT2D eigenvalue weighted by atomic mass is 35.5. The van der Waals surface area contributed by atoms with Crippen molar-refractivity contribution in [3.8, 4) is 0 Å². The van der Waals surface area contributed by atoms with Gasteiger partial charge in [-0.2, -0.15) is 0 Å². The van der Waals surface area contributed by atoms with Gasteiger partial charge in [0.15, 0.2) is 0 Å². The Balaban J connectivity index is 3.04. The predicted octanol–water partition coefficient (Wildman–Crippen LogP) is 3.06. The van der Waals surface area contributed by atoms with E-state index in [2.05, 4.69) is 6.58 Å². The second-order valence-corrected chi connectivity index (χ2v) is 3.17. The van der Waals surface area contributed by atoms with Gasteiger partial charge in [0.1, 0.15) is 5.82 Å². The number of hydrogen-bond acceptors (Lipinski definition) is 1. The van der Waals surface area contributed by atoms with E-state index in [1.165, 1.54) is 6.07 Å². The van der Waals surface area contributed by atoms with Gasteiger partial charge < -0.3 is 5.73 Å². The van der Waals surface area contributed by atoms with Crippen LogP contribution in [0.5, 0.6) is 0 Å². The van der Waals surface area contributed by atoms with Crippen molar-refractivity contribution < 1.29 is 4.39 Å². The van der Waals surface area contributed by atoms with E-state index >= 15 is 0 Å². The molecule has 0 aliphatic carbocycles. The first-order valence-corrected chi connectivity index (χ1v) is 4.35. The van der Waals surface area contributed by atoms with Crippen LogP contribution >= 0.6 is 11.6 Å². The first-order valence-electron chi connectivity index (χ1n) is 3.97. The quantitative estimate of drug-likeness (QED) is 0.744. The Morgan fingerprint density at radius 2 is 2.31 bits per heavy atom. The molecule has 1 nitrogen and oxygen atoms in total. The fourth-order valence-corrected chi connectivity index (χ4v) is 1.47. The first kappa shape index (κ1) is 10.2. The lowest BCUT2D eigenvalue weighted by molar-refractivity contribution is 0.584. The molecule has 0 spiro atoms. The summed E-state index contributed by atoms with van der Waals surface area (Å²) in [4.78, 5) is 0. The van der Waals surface area contributed by atoms with Crippen LogP contribution < -0.4 is 5.73 Å². The highest BCUT2D eigenvalue weighted by molar-refractivity contribution is 6.31. The molecule has 0 unspecified atom stereocenters. The van der Waals surface area contributed by atoms with Crippen molar-refractivity contribution in [2.24, 2.45) is 5.73 Å². The van der Waals surface area contributed by atoms with Crippen molar-refractivity contribution in [1.82, 2.24) is 0 Å². The number of halogens is 2. The van der Waals surface area contributed by atoms with Crippen LogP contribution in [0.15, 0.2) is 30.9 Å². The normalized spacial score (nSPS) is 12.5. The van der Waals surface area contributed by atoms with Gasteiger partial charge in [0.05, 0.1) is 0 Å². The third-order valence-corrected chi connectivity index (χ3v) is 2.12. The molecule has 0 heterocycles. The van der Waals surface area contributed by atoms with Crippen LogP contribution in [0.3, 0.4) is 0 Å². The van der Waals surface area contributed by atoms with Crippen LogP contribution in [-0.2, 0) is 0 Å². The summed E-state index contributed by atoms with van der Waals surface area (Å²) >= 11 is 5.81. The zero-order chi connectivity index (χ0) is 9.84. The number of rotatable bonds is 3. The van der Waals surface area contributed by atoms with Crippen LogP contribution in [0, 0.1) is 5.82 Å². The molecule has 0 aliphatic rings. The number of nitrogens with two attached hydrogens (primary N) is 1. The molecule has 0 aromatic heterocycles. The number of hydrogen-bond donors (Lipinski definition) is 1. The summed E-state index contributed by atoms with van der Waals surface area (Å²) in [5, 5.41) is 0.370. The third-order valence-electron chi connectivity index (χ3n) is 1.79. The Bertz CT molecular complexity index is 292. The van der Waals surface area contributed by atoms with Crippen LogP contribution in [0.1, 0.15) is 18.0 Å². The fourth-order valence-electron chi connectivity index (χ4n) is 1.16. The van der Waals surface area contributed by atoms with E-state index in [1.54, 1.807) is 18.2 Å². The van der Waals surface area contributed by atoms with Crippen LogP contribution in [-0.4, -0.2) is 0 Å². The highest BCUT2D eigenvalue weighted by Crippen LogP contribution is 2.26. The zero-order valence-electron chi connectivity index (χ0n) is 7.13. The predicted molar refractivity (Wildman–Crippen MR) is 53.2 cm³/mol. The molecule has 0 saturated heterocycles. The summed E-state index contributed by atoms with van der Waals surface area (Å²) in [7, 11) is 0. The molecular formula is C10H11ClFN. The van der Waals surface area contributed by atoms with Crippen molar-refractivity contribution in [2.45, 2.75) is 12.5 Å². The summed E-state index contributed by atoms with van der Waals surface area (Å²) < 4.78 is 13.2. The first-order chi connectivity index (χ1) is 6.16. The lowest BCUT2D eigenvalue weighted by Gasteiger charge is -2.11. The van der Waals surface area contributed by atoms with Gasteiger partial charge in [-0.1, -0.05) is 23.7 Å². The Kier molecular flexibility index (Phi) is 3.46. The van der Waals surface area contributed by atoms with Gasteiger partial charge in [0.2, 0.25) is 0 Å². The Morgan fingerprint density at radius 1 is 1.62 bits per heavy atom. The van der Waals surface area contributed by atoms with E-state index in [-0.39, 0.29) is 5.82 Å². The molecule has 2 N–H and O–H groups in total. The summed E-state index contributed by atoms with van der Waals surface area (Å²) in [6.07, 6.45) is 2.16. The maximum Gasteiger partial charge on any atom is 0.129 e. The van der Waals surface area contributed by atoms with Crippen molar-refractivity contribution in [3.63, 3.8) is 0 Å². The molecule has 70 valence electrons. The van der Waals surface area contributed by atoms with Gasteiger partial charge in [0.25, 0.3) is 0 Å². The second-order valence-electron chi connectivity index (χ2n) is 2.77. The molecule has 0 saturated carbocycles. The fraction of sp³-hybridized carbons (Fsp3) is 0.200. The average molecular weight is 200 g/mol. The van der Waals surface area contributed by atoms with Gasteiger partial charge in [-0.25, -0.2) is 4.39 Å². The SMILES string of the molecule is C=CC[C@H](N)c1c(F)cccc1Cl. The van der Waals surface area contributed by atoms with Crippen molar-refractivity contribution in [2.75, 3.05) is 0 Å². The summed E-state index contributed by atoms with van der Waals surface area (Å²) in [5.41, 5.74) is 6.08. The molecule has 13 heavy (non-hydrogen) atoms. The number of benzene rings is 1. The molecule has 0 aliphatic heterocycles. The maximum absolute atomic E-state index is 13.2. The molecule has 0 fully saturated rings. The maximum atomic E-state index is 13.2. The van der Waals surface area contributed by atoms with Crippen LogP contribution in [0.2, 0.25) is 5.02 Å². The summed E-state index contributed by atoms with van der Waals surface area (Å²) in [6, 6.07) is 4.13. The van der Waals surface area contributed by atoms with E-state index in [9.17, 15) is 4.39 Å². The standard InChI is InChI=1S/C10H11ClFN/c1-2-4-9(13)10-7(11)5-3-6-8(10)12/h2-3,5-6,9H,1,4,13H2/t9-/m0/s1. The highest BCUT2D eigenvalue weighted by Gasteiger charge is 2.13. The van der Waals surface area contributed by atoms with E-state index in [0.29, 0.717) is 17.0 Å². The van der Waals surface area contributed by atoms with E-state index in [4.69, 9.17) is 17.3 Å². The molecule has 1 aromatic rings. The minimum atomic E-state index is -0.411. The smallest absolute Gasteiger partial charge is 0.129 e. The van der Waals surface area contributed by atoms with E-state index in [1.807, 2.05) is 0 Å². The Hall–Kier alpha value is -0.860. The largest absolute Gasteiger partial charge is 0.324 e. The van der Waals surface area contributed by atoms with Crippen LogP contribution in [0.4, 0.5) is 4.39 Å². The van der Waals surface area contributed by atoms with E-state index in [0.717, 1.165) is 0 Å². The van der Waals surface area contributed by atoms with Gasteiger partial charge in [-0.3, -0.25) is 0 Å². The zero-order valence-corrected chi connectivity index (χ0v) is 7.89. The van der Waals surface area contributed by atoms with Gasteiger partial charge in [-0.05, 0) is 18.6 Å². The monoisotopic (exact) mass is 199 g/mol. The summed E-state index contributed by atoms with van der Waals surface area (Å²) in [5.74, 6) is -0.359. The molecule has 1 atom stereocenters. The lowest BCUT2D eigenvalue weighted by Crippen LogP contribution is -2.11. The topological polar surface area (TPSA) is 26.0 Å². The lowest BCUT2D eigenvalue weighted by atomic mass is 10.0. The minimum Gasteiger partial charge on any atom is -0.324 e. The Morgan fingerprint density at radius 3 is 2.85 bits per heavy atom. The molecule has 1 rings (SSSR count). The van der Waals surface area contributed by atoms with Crippen molar-refractivity contribution >= 4 is 11.6 Å². The third kappa shape index (κ3) is 2.29. The minimum absolute atomic E-state index is 0.359. The van der Waals surface area contributed by atoms with Gasteiger partial charge in [-0.15, -0.1) is 6.58 Å². The Labute approximate surface area is 82.0 Å². The van der Waals surface area contributed by atoms with Crippen molar-refractivity contribution in [3.05, 3.63) is 47.3 Å².